The van der Waals surface area contributed by atoms with Gasteiger partial charge in [-0.3, -0.25) is 4.79 Å². The number of rotatable bonds is 13. The molecular weight excluding hydrogens is 528 g/mol. The van der Waals surface area contributed by atoms with E-state index in [9.17, 15) is 9.18 Å². The predicted molar refractivity (Wildman–Crippen MR) is 168 cm³/mol. The maximum Gasteiger partial charge on any atom is 0.147 e. The molecule has 1 atom stereocenters. The highest BCUT2D eigenvalue weighted by atomic mass is 19.1. The number of nitrogens with zero attached hydrogens (tertiary/aromatic N) is 1. The molecule has 5 rings (SSSR count). The van der Waals surface area contributed by atoms with Gasteiger partial charge in [0.05, 0.1) is 10.9 Å². The maximum absolute atomic E-state index is 15.7. The van der Waals surface area contributed by atoms with Crippen LogP contribution in [-0.4, -0.2) is 22.6 Å². The second-order valence-electron chi connectivity index (χ2n) is 13.7. The SMILES string of the molecule is C=C(CC)Cn1c(C(C)(C)CC)cc2cc(CC(=O)C3(c4ccc(C5C=CC5)c(OCC(C)(C)F)c4)CC3)c(F)cc21. The largest absolute Gasteiger partial charge is 0.490 e. The molecule has 2 aliphatic rings. The minimum atomic E-state index is -1.47. The number of Topliss-reactive ketones (excluding diaryl/α,β-unsaturated/α-hetero) is 1. The number of alkyl halides is 1. The highest BCUT2D eigenvalue weighted by Crippen LogP contribution is 2.51. The molecule has 2 aliphatic carbocycles. The lowest BCUT2D eigenvalue weighted by atomic mass is 9.83. The second-order valence-corrected chi connectivity index (χ2v) is 13.7. The lowest BCUT2D eigenvalue weighted by Crippen LogP contribution is -2.25. The number of carbonyl (C=O) groups excluding carboxylic acids is 1. The van der Waals surface area contributed by atoms with E-state index in [1.54, 1.807) is 6.07 Å². The fraction of sp³-hybridized carbons (Fsp3) is 0.486. The summed E-state index contributed by atoms with van der Waals surface area (Å²) in [4.78, 5) is 13.9. The van der Waals surface area contributed by atoms with Crippen molar-refractivity contribution in [2.75, 3.05) is 6.61 Å². The van der Waals surface area contributed by atoms with Crippen LogP contribution >= 0.6 is 0 Å². The van der Waals surface area contributed by atoms with Crippen molar-refractivity contribution in [3.05, 3.63) is 88.9 Å². The molecule has 2 aromatic carbocycles. The molecule has 0 amide bonds. The monoisotopic (exact) mass is 573 g/mol. The van der Waals surface area contributed by atoms with E-state index in [1.807, 2.05) is 24.3 Å². The third kappa shape index (κ3) is 5.85. The first-order valence-corrected chi connectivity index (χ1v) is 15.4. The zero-order chi connectivity index (χ0) is 30.4. The number of hydrogen-bond donors (Lipinski definition) is 0. The lowest BCUT2D eigenvalue weighted by Gasteiger charge is -2.26. The first kappa shape index (κ1) is 30.3. The number of aromatic nitrogens is 1. The normalized spacial score (nSPS) is 17.8. The fourth-order valence-electron chi connectivity index (χ4n) is 5.93. The van der Waals surface area contributed by atoms with Gasteiger partial charge in [0, 0.05) is 40.9 Å². The Bertz CT molecular complexity index is 1550. The molecule has 3 nitrogen and oxygen atoms in total. The van der Waals surface area contributed by atoms with Crippen molar-refractivity contribution in [2.45, 2.75) is 109 Å². The number of carbonyl (C=O) groups is 1. The first-order valence-electron chi connectivity index (χ1n) is 15.4. The topological polar surface area (TPSA) is 31.2 Å². The molecule has 1 fully saturated rings. The third-order valence-electron chi connectivity index (χ3n) is 9.46. The number of ether oxygens (including phenoxy) is 1. The van der Waals surface area contributed by atoms with Gasteiger partial charge in [-0.2, -0.15) is 0 Å². The molecule has 0 saturated heterocycles. The Hall–Kier alpha value is -3.21. The molecule has 1 saturated carbocycles. The first-order chi connectivity index (χ1) is 19.8. The Balaban J connectivity index is 1.46. The highest BCUT2D eigenvalue weighted by molar-refractivity contribution is 5.95. The molecule has 3 aromatic rings. The molecule has 5 heteroatoms. The minimum Gasteiger partial charge on any atom is -0.490 e. The lowest BCUT2D eigenvalue weighted by molar-refractivity contribution is -0.120. The Labute approximate surface area is 249 Å². The van der Waals surface area contributed by atoms with Crippen LogP contribution in [0, 0.1) is 5.82 Å². The molecular formula is C37H45F2NO2. The molecule has 1 heterocycles. The standard InChI is InChI=1S/C37H45F2NO2/c1-8-24(3)22-40-31-21-30(38)26(17-27(31)18-33(40)35(4,5)9-2)19-34(41)37(15-16-37)28-13-14-29(25-11-10-12-25)32(20-28)42-23-36(6,7)39/h10-11,13-14,17-18,20-21,25H,3,8-9,12,15-16,19,22-23H2,1-2,4-7H3. The summed E-state index contributed by atoms with van der Waals surface area (Å²) < 4.78 is 38.2. The van der Waals surface area contributed by atoms with Crippen LogP contribution < -0.4 is 4.74 Å². The van der Waals surface area contributed by atoms with Crippen molar-refractivity contribution >= 4 is 16.7 Å². The van der Waals surface area contributed by atoms with Crippen molar-refractivity contribution in [3.8, 4) is 5.75 Å². The van der Waals surface area contributed by atoms with Crippen molar-refractivity contribution in [1.29, 1.82) is 0 Å². The number of hydrogen-bond acceptors (Lipinski definition) is 2. The maximum atomic E-state index is 15.7. The molecule has 0 spiro atoms. The zero-order valence-corrected chi connectivity index (χ0v) is 26.1. The number of ketones is 1. The van der Waals surface area contributed by atoms with E-state index in [2.05, 4.69) is 57.1 Å². The molecule has 1 aromatic heterocycles. The summed E-state index contributed by atoms with van der Waals surface area (Å²) in [5, 5.41) is 0.951. The van der Waals surface area contributed by atoms with Crippen molar-refractivity contribution < 1.29 is 18.3 Å². The number of halogens is 2. The van der Waals surface area contributed by atoms with E-state index in [-0.39, 0.29) is 36.0 Å². The van der Waals surface area contributed by atoms with Gasteiger partial charge in [-0.05, 0) is 81.3 Å². The van der Waals surface area contributed by atoms with Gasteiger partial charge in [-0.25, -0.2) is 8.78 Å². The predicted octanol–water partition coefficient (Wildman–Crippen LogP) is 9.45. The van der Waals surface area contributed by atoms with Crippen LogP contribution in [0.3, 0.4) is 0 Å². The summed E-state index contributed by atoms with van der Waals surface area (Å²) in [6, 6.07) is 11.6. The van der Waals surface area contributed by atoms with Crippen LogP contribution in [0.15, 0.2) is 60.7 Å². The average Bonchev–Trinajstić information content (AvgIpc) is 3.65. The van der Waals surface area contributed by atoms with Crippen LogP contribution in [-0.2, 0) is 28.6 Å². The molecule has 224 valence electrons. The van der Waals surface area contributed by atoms with Gasteiger partial charge in [-0.1, -0.05) is 64.1 Å². The molecule has 0 aliphatic heterocycles. The second kappa shape index (κ2) is 11.1. The Morgan fingerprint density at radius 3 is 2.40 bits per heavy atom. The number of fused-ring (bicyclic) bond motifs is 1. The van der Waals surface area contributed by atoms with Crippen molar-refractivity contribution in [3.63, 3.8) is 0 Å². The third-order valence-corrected chi connectivity index (χ3v) is 9.46. The van der Waals surface area contributed by atoms with Crippen LogP contribution in [0.25, 0.3) is 10.9 Å². The van der Waals surface area contributed by atoms with Gasteiger partial charge in [0.2, 0.25) is 0 Å². The summed E-state index contributed by atoms with van der Waals surface area (Å²) in [6.07, 6.45) is 8.43. The molecule has 42 heavy (non-hydrogen) atoms. The van der Waals surface area contributed by atoms with Gasteiger partial charge in [0.15, 0.2) is 0 Å². The van der Waals surface area contributed by atoms with Crippen LogP contribution in [0.4, 0.5) is 8.78 Å². The molecule has 0 bridgehead atoms. The van der Waals surface area contributed by atoms with Gasteiger partial charge < -0.3 is 9.30 Å². The summed E-state index contributed by atoms with van der Waals surface area (Å²) in [6.45, 7) is 16.5. The summed E-state index contributed by atoms with van der Waals surface area (Å²) in [7, 11) is 0. The van der Waals surface area contributed by atoms with Gasteiger partial charge >= 0.3 is 0 Å². The van der Waals surface area contributed by atoms with Crippen LogP contribution in [0.1, 0.15) is 102 Å². The minimum absolute atomic E-state index is 0.0155. The van der Waals surface area contributed by atoms with E-state index in [1.165, 1.54) is 13.8 Å². The average molecular weight is 574 g/mol. The summed E-state index contributed by atoms with van der Waals surface area (Å²) in [5.74, 6) is 0.546. The molecule has 0 radical (unpaired) electrons. The quantitative estimate of drug-likeness (QED) is 0.191. The van der Waals surface area contributed by atoms with Crippen molar-refractivity contribution in [2.24, 2.45) is 0 Å². The van der Waals surface area contributed by atoms with Gasteiger partial charge in [0.25, 0.3) is 0 Å². The van der Waals surface area contributed by atoms with Crippen molar-refractivity contribution in [1.82, 2.24) is 4.57 Å². The van der Waals surface area contributed by atoms with Gasteiger partial charge in [0.1, 0.15) is 29.6 Å². The van der Waals surface area contributed by atoms with E-state index >= 15 is 4.39 Å². The van der Waals surface area contributed by atoms with Crippen LogP contribution in [0.2, 0.25) is 0 Å². The van der Waals surface area contributed by atoms with E-state index in [0.29, 0.717) is 17.9 Å². The number of benzene rings is 2. The molecule has 0 N–H and O–H groups in total. The zero-order valence-electron chi connectivity index (χ0n) is 26.1. The van der Waals surface area contributed by atoms with E-state index < -0.39 is 11.1 Å². The summed E-state index contributed by atoms with van der Waals surface area (Å²) >= 11 is 0. The highest BCUT2D eigenvalue weighted by Gasteiger charge is 2.51. The Kier molecular flexibility index (Phi) is 8.02. The Morgan fingerprint density at radius 2 is 1.83 bits per heavy atom. The smallest absolute Gasteiger partial charge is 0.147 e. The van der Waals surface area contributed by atoms with E-state index in [0.717, 1.165) is 65.4 Å². The number of allylic oxidation sites excluding steroid dienone is 3. The Morgan fingerprint density at radius 1 is 1.12 bits per heavy atom. The molecule has 1 unspecified atom stereocenters. The summed E-state index contributed by atoms with van der Waals surface area (Å²) in [5.41, 5.74) is 3.20. The van der Waals surface area contributed by atoms with Crippen LogP contribution in [0.5, 0.6) is 5.75 Å². The van der Waals surface area contributed by atoms with Gasteiger partial charge in [-0.15, -0.1) is 0 Å². The van der Waals surface area contributed by atoms with E-state index in [4.69, 9.17) is 4.74 Å². The fourth-order valence-corrected chi connectivity index (χ4v) is 5.93.